The van der Waals surface area contributed by atoms with Gasteiger partial charge in [-0.1, -0.05) is 151 Å². The van der Waals surface area contributed by atoms with Crippen LogP contribution < -0.4 is 15.3 Å². The maximum Gasteiger partial charge on any atom is 0.142 e. The van der Waals surface area contributed by atoms with E-state index in [9.17, 15) is 0 Å². The van der Waals surface area contributed by atoms with Gasteiger partial charge in [-0.15, -0.1) is 12.6 Å². The van der Waals surface area contributed by atoms with Crippen LogP contribution in [0.15, 0.2) is 186 Å². The lowest BCUT2D eigenvalue weighted by molar-refractivity contribution is 0.584. The molecule has 324 valence electrons. The fourth-order valence-electron chi connectivity index (χ4n) is 11.6. The van der Waals surface area contributed by atoms with Crippen LogP contribution in [0.2, 0.25) is 0 Å². The standard InChI is InChI=1S/C62H57BN2S/c1-39-18-11-14-25-50(39)54-35-46-31-30-45-34-44-22-13-15-26-53(44)60(45)62(46)65(58-33-32-49(66)38-55(58)43-20-7-5-8-21-43)59-37-48(36-56(61(59)63)52-28-17-27-51(41(52)3)42(54)4)64(47-23-9-6-10-24-47)57-29-16-12-19-40(57)2/h5-9,11-12,14-21,23,25-33,36-38,40,57,66H,10,13,22,24,34-35,63H2,1-4H3/b54-42+. The number of nitrogens with zero attached hydrogens (tertiary/aromatic N) is 2. The molecule has 4 heteroatoms. The highest BCUT2D eigenvalue weighted by Crippen LogP contribution is 2.53. The van der Waals surface area contributed by atoms with Crippen LogP contribution in [-0.4, -0.2) is 13.9 Å². The van der Waals surface area contributed by atoms with Crippen molar-refractivity contribution in [3.63, 3.8) is 0 Å². The van der Waals surface area contributed by atoms with Gasteiger partial charge >= 0.3 is 0 Å². The van der Waals surface area contributed by atoms with E-state index in [1.807, 2.05) is 0 Å². The molecule has 6 aromatic rings. The molecule has 2 nitrogen and oxygen atoms in total. The minimum absolute atomic E-state index is 0.151. The number of fused-ring (bicyclic) bond motifs is 9. The zero-order chi connectivity index (χ0) is 45.1. The van der Waals surface area contributed by atoms with Gasteiger partial charge in [0.05, 0.1) is 17.4 Å². The Hall–Kier alpha value is -6.49. The highest BCUT2D eigenvalue weighted by atomic mass is 32.1. The van der Waals surface area contributed by atoms with E-state index in [0.717, 1.165) is 54.7 Å². The van der Waals surface area contributed by atoms with Gasteiger partial charge in [-0.2, -0.15) is 0 Å². The SMILES string of the molecule is Bc1c2cc(N(C3=CC=CCC3)C3C=CC=CC3C)cc1N(c1ccc(S)cc1-c1ccccc1)c1c(ccc3c1C1=C(CCC=C1)C3)C/C(c1ccccc1C)=C(/C)c1cccc-2c1C. The van der Waals surface area contributed by atoms with E-state index in [2.05, 4.69) is 215 Å². The van der Waals surface area contributed by atoms with E-state index in [-0.39, 0.29) is 6.04 Å². The van der Waals surface area contributed by atoms with Crippen LogP contribution in [0.25, 0.3) is 39.0 Å². The summed E-state index contributed by atoms with van der Waals surface area (Å²) < 4.78 is 0. The first-order chi connectivity index (χ1) is 32.2. The van der Waals surface area contributed by atoms with Crippen molar-refractivity contribution in [1.82, 2.24) is 0 Å². The Labute approximate surface area is 398 Å². The van der Waals surface area contributed by atoms with E-state index in [0.29, 0.717) is 5.92 Å². The second-order valence-electron chi connectivity index (χ2n) is 19.0. The van der Waals surface area contributed by atoms with Crippen LogP contribution >= 0.6 is 12.6 Å². The molecule has 66 heavy (non-hydrogen) atoms. The first-order valence-electron chi connectivity index (χ1n) is 24.0. The number of allylic oxidation sites excluding steroid dienone is 12. The zero-order valence-corrected chi connectivity index (χ0v) is 39.8. The van der Waals surface area contributed by atoms with Crippen LogP contribution in [0.4, 0.5) is 22.7 Å². The van der Waals surface area contributed by atoms with E-state index >= 15 is 0 Å². The molecule has 5 aliphatic rings. The topological polar surface area (TPSA) is 6.48 Å². The smallest absolute Gasteiger partial charge is 0.142 e. The molecule has 0 aromatic heterocycles. The summed E-state index contributed by atoms with van der Waals surface area (Å²) in [6.07, 6.45) is 27.0. The third kappa shape index (κ3) is 7.31. The number of rotatable bonds is 6. The van der Waals surface area contributed by atoms with E-state index in [4.69, 9.17) is 12.6 Å². The zero-order valence-electron chi connectivity index (χ0n) is 38.9. The number of aryl methyl sites for hydroxylation is 1. The van der Waals surface area contributed by atoms with Gasteiger partial charge in [0.1, 0.15) is 7.85 Å². The second kappa shape index (κ2) is 17.4. The van der Waals surface area contributed by atoms with Crippen molar-refractivity contribution in [3.05, 3.63) is 220 Å². The van der Waals surface area contributed by atoms with Crippen LogP contribution in [0.5, 0.6) is 0 Å². The Morgan fingerprint density at radius 1 is 0.667 bits per heavy atom. The molecule has 0 fully saturated rings. The van der Waals surface area contributed by atoms with Gasteiger partial charge in [-0.05, 0) is 162 Å². The number of thiol groups is 1. The summed E-state index contributed by atoms with van der Waals surface area (Å²) >= 11 is 5.05. The number of hydrogen-bond donors (Lipinski definition) is 1. The first-order valence-corrected chi connectivity index (χ1v) is 24.4. The lowest BCUT2D eigenvalue weighted by Crippen LogP contribution is -2.39. The molecule has 11 rings (SSSR count). The lowest BCUT2D eigenvalue weighted by atomic mass is 9.79. The predicted molar refractivity (Wildman–Crippen MR) is 289 cm³/mol. The number of benzene rings is 6. The van der Waals surface area contributed by atoms with E-state index in [1.54, 1.807) is 5.57 Å². The molecule has 2 unspecified atom stereocenters. The van der Waals surface area contributed by atoms with Crippen molar-refractivity contribution < 1.29 is 0 Å². The third-order valence-electron chi connectivity index (χ3n) is 15.0. The summed E-state index contributed by atoms with van der Waals surface area (Å²) in [5, 5.41) is 0. The predicted octanol–water partition coefficient (Wildman–Crippen LogP) is 15.0. The fraction of sp³-hybridized carbons (Fsp3) is 0.194. The fourth-order valence-corrected chi connectivity index (χ4v) is 11.8. The molecule has 0 spiro atoms. The van der Waals surface area contributed by atoms with Gasteiger partial charge in [0.15, 0.2) is 0 Å². The summed E-state index contributed by atoms with van der Waals surface area (Å²) in [5.41, 5.74) is 27.3. The molecule has 0 saturated carbocycles. The van der Waals surface area contributed by atoms with Crippen molar-refractivity contribution in [3.8, 4) is 22.3 Å². The highest BCUT2D eigenvalue weighted by Gasteiger charge is 2.35. The molecular weight excluding hydrogens is 816 g/mol. The summed E-state index contributed by atoms with van der Waals surface area (Å²) in [6.45, 7) is 9.37. The summed E-state index contributed by atoms with van der Waals surface area (Å²) in [7, 11) is 2.38. The molecule has 0 amide bonds. The molecule has 2 atom stereocenters. The molecule has 4 bridgehead atoms. The van der Waals surface area contributed by atoms with Crippen LogP contribution in [0, 0.1) is 19.8 Å². The maximum atomic E-state index is 5.05. The van der Waals surface area contributed by atoms with Gasteiger partial charge < -0.3 is 9.80 Å². The average Bonchev–Trinajstić information content (AvgIpc) is 3.72. The molecule has 0 saturated heterocycles. The second-order valence-corrected chi connectivity index (χ2v) is 19.5. The maximum absolute atomic E-state index is 5.05. The lowest BCUT2D eigenvalue weighted by Gasteiger charge is -2.40. The van der Waals surface area contributed by atoms with Crippen molar-refractivity contribution in [2.45, 2.75) is 77.2 Å². The number of hydrogen-bond acceptors (Lipinski definition) is 3. The third-order valence-corrected chi connectivity index (χ3v) is 15.3. The van der Waals surface area contributed by atoms with Crippen molar-refractivity contribution in [1.29, 1.82) is 0 Å². The summed E-state index contributed by atoms with van der Waals surface area (Å²) in [5.74, 6) is 0.314. The largest absolute Gasteiger partial charge is 0.338 e. The minimum Gasteiger partial charge on any atom is -0.338 e. The van der Waals surface area contributed by atoms with Crippen molar-refractivity contribution >= 4 is 65.4 Å². The first kappa shape index (κ1) is 42.2. The van der Waals surface area contributed by atoms with Gasteiger partial charge in [0, 0.05) is 39.5 Å². The molecule has 1 heterocycles. The van der Waals surface area contributed by atoms with Gasteiger partial charge in [0.2, 0.25) is 0 Å². The molecular formula is C62H57BN2S. The average molecular weight is 873 g/mol. The van der Waals surface area contributed by atoms with Crippen LogP contribution in [-0.2, 0) is 12.8 Å². The van der Waals surface area contributed by atoms with Gasteiger partial charge in [-0.25, -0.2) is 0 Å². The molecule has 0 N–H and O–H groups in total. The number of anilines is 4. The van der Waals surface area contributed by atoms with Gasteiger partial charge in [-0.3, -0.25) is 0 Å². The Bertz CT molecular complexity index is 3170. The van der Waals surface area contributed by atoms with Crippen molar-refractivity contribution in [2.75, 3.05) is 9.80 Å². The highest BCUT2D eigenvalue weighted by molar-refractivity contribution is 7.80. The summed E-state index contributed by atoms with van der Waals surface area (Å²) in [6, 6.07) is 43.9. The van der Waals surface area contributed by atoms with Gasteiger partial charge in [0.25, 0.3) is 0 Å². The van der Waals surface area contributed by atoms with Crippen LogP contribution in [0.3, 0.4) is 0 Å². The van der Waals surface area contributed by atoms with E-state index in [1.165, 1.54) is 101 Å². The molecule has 1 aliphatic heterocycles. The Morgan fingerprint density at radius 3 is 2.26 bits per heavy atom. The quantitative estimate of drug-likeness (QED) is 0.132. The minimum atomic E-state index is 0.151. The molecule has 6 aromatic carbocycles. The Kier molecular flexibility index (Phi) is 11.1. The molecule has 4 aliphatic carbocycles. The Morgan fingerprint density at radius 2 is 1.44 bits per heavy atom. The van der Waals surface area contributed by atoms with Crippen molar-refractivity contribution in [2.24, 2.45) is 5.92 Å². The summed E-state index contributed by atoms with van der Waals surface area (Å²) in [4.78, 5) is 6.31. The monoisotopic (exact) mass is 872 g/mol. The molecule has 0 radical (unpaired) electrons. The van der Waals surface area contributed by atoms with E-state index < -0.39 is 0 Å². The Balaban J connectivity index is 1.32. The van der Waals surface area contributed by atoms with Crippen LogP contribution in [0.1, 0.15) is 78.5 Å². The normalized spacial score (nSPS) is 19.5.